The largest absolute Gasteiger partial charge is 0.263 e. The molecule has 0 N–H and O–H groups in total. The van der Waals surface area contributed by atoms with Gasteiger partial charge in [-0.1, -0.05) is 30.3 Å². The highest BCUT2D eigenvalue weighted by atomic mass is 79.9. The van der Waals surface area contributed by atoms with Crippen LogP contribution in [0.5, 0.6) is 0 Å². The molecular formula is C17H20BrN2. The highest BCUT2D eigenvalue weighted by Gasteiger charge is 2.19. The van der Waals surface area contributed by atoms with Crippen molar-refractivity contribution in [3.63, 3.8) is 0 Å². The molecule has 0 atom stereocenters. The summed E-state index contributed by atoms with van der Waals surface area (Å²) in [5.41, 5.74) is 3.53. The number of aryl methyl sites for hydroxylation is 1. The van der Waals surface area contributed by atoms with E-state index in [-0.39, 0.29) is 0 Å². The molecule has 1 aromatic heterocycles. The predicted octanol–water partition coefficient (Wildman–Crippen LogP) is 5.02. The van der Waals surface area contributed by atoms with E-state index in [9.17, 15) is 0 Å². The molecule has 1 fully saturated rings. The van der Waals surface area contributed by atoms with Crippen molar-refractivity contribution >= 4 is 15.9 Å². The zero-order chi connectivity index (χ0) is 13.9. The van der Waals surface area contributed by atoms with Crippen molar-refractivity contribution in [3.8, 4) is 11.3 Å². The molecule has 2 nitrogen and oxygen atoms in total. The Morgan fingerprint density at radius 2 is 1.90 bits per heavy atom. The fourth-order valence-corrected chi connectivity index (χ4v) is 3.50. The fourth-order valence-electron chi connectivity index (χ4n) is 2.99. The lowest BCUT2D eigenvalue weighted by molar-refractivity contribution is 0.341. The van der Waals surface area contributed by atoms with Crippen molar-refractivity contribution < 1.29 is 0 Å². The van der Waals surface area contributed by atoms with Crippen LogP contribution in [-0.4, -0.2) is 9.78 Å². The summed E-state index contributed by atoms with van der Waals surface area (Å²) in [5, 5.41) is 4.74. The van der Waals surface area contributed by atoms with Crippen LogP contribution in [0.3, 0.4) is 0 Å². The average Bonchev–Trinajstić information content (AvgIpc) is 2.76. The molecule has 1 aromatic carbocycles. The maximum absolute atomic E-state index is 4.74. The molecule has 1 aliphatic carbocycles. The van der Waals surface area contributed by atoms with E-state index in [0.717, 1.165) is 22.6 Å². The Morgan fingerprint density at radius 1 is 1.20 bits per heavy atom. The molecule has 0 saturated heterocycles. The third kappa shape index (κ3) is 2.83. The summed E-state index contributed by atoms with van der Waals surface area (Å²) in [4.78, 5) is 0. The minimum absolute atomic E-state index is 0.758. The van der Waals surface area contributed by atoms with E-state index in [1.54, 1.807) is 0 Å². The van der Waals surface area contributed by atoms with Gasteiger partial charge in [0.25, 0.3) is 0 Å². The molecule has 0 spiro atoms. The lowest BCUT2D eigenvalue weighted by atomic mass is 9.89. The molecule has 20 heavy (non-hydrogen) atoms. The molecule has 2 aromatic rings. The van der Waals surface area contributed by atoms with E-state index >= 15 is 0 Å². The summed E-state index contributed by atoms with van der Waals surface area (Å²) < 4.78 is 3.33. The van der Waals surface area contributed by atoms with Gasteiger partial charge in [0, 0.05) is 12.1 Å². The topological polar surface area (TPSA) is 17.8 Å². The Labute approximate surface area is 129 Å². The molecule has 1 aliphatic rings. The second-order valence-electron chi connectivity index (χ2n) is 5.61. The number of nitrogens with zero attached hydrogens (tertiary/aromatic N) is 2. The van der Waals surface area contributed by atoms with Crippen LogP contribution in [-0.2, 0) is 6.54 Å². The van der Waals surface area contributed by atoms with Crippen LogP contribution in [0.25, 0.3) is 11.3 Å². The molecule has 0 amide bonds. The van der Waals surface area contributed by atoms with Gasteiger partial charge in [0.1, 0.15) is 0 Å². The summed E-state index contributed by atoms with van der Waals surface area (Å²) in [6.45, 7) is 3.10. The summed E-state index contributed by atoms with van der Waals surface area (Å²) in [7, 11) is 0. The first kappa shape index (κ1) is 13.9. The Bertz CT molecular complexity index is 568. The summed E-state index contributed by atoms with van der Waals surface area (Å²) in [5.74, 6) is 0.758. The Hall–Kier alpha value is -1.09. The minimum Gasteiger partial charge on any atom is -0.263 e. The van der Waals surface area contributed by atoms with Crippen LogP contribution in [0.1, 0.15) is 31.4 Å². The summed E-state index contributed by atoms with van der Waals surface area (Å²) in [6, 6.07) is 10.6. The first-order chi connectivity index (χ1) is 9.75. The normalized spacial score (nSPS) is 16.5. The number of hydrogen-bond donors (Lipinski definition) is 0. The van der Waals surface area contributed by atoms with E-state index in [1.807, 2.05) is 0 Å². The molecule has 0 aliphatic heterocycles. The maximum Gasteiger partial charge on any atom is 0.0827 e. The Kier molecular flexibility index (Phi) is 4.25. The molecule has 0 unspecified atom stereocenters. The standard InChI is InChI=1S/C17H20BrN2/c1-13-16(18)17(15-10-6-3-7-11-15)20(19-13)12-14-8-4-2-5-9-14/h2-3,6-7,10-11,14H,4-5,8-9,12H2,1H3. The van der Waals surface area contributed by atoms with E-state index in [4.69, 9.17) is 5.10 Å². The average molecular weight is 332 g/mol. The second kappa shape index (κ2) is 6.13. The number of aromatic nitrogens is 2. The molecule has 1 heterocycles. The fraction of sp³-hybridized carbons (Fsp3) is 0.412. The van der Waals surface area contributed by atoms with Crippen molar-refractivity contribution in [2.45, 2.75) is 39.2 Å². The van der Waals surface area contributed by atoms with Gasteiger partial charge in [-0.05, 0) is 60.9 Å². The van der Waals surface area contributed by atoms with Crippen LogP contribution >= 0.6 is 15.9 Å². The smallest absolute Gasteiger partial charge is 0.0827 e. The third-order valence-corrected chi connectivity index (χ3v) is 5.04. The van der Waals surface area contributed by atoms with Crippen molar-refractivity contribution in [2.75, 3.05) is 0 Å². The van der Waals surface area contributed by atoms with Crippen LogP contribution in [0.15, 0.2) is 34.8 Å². The Balaban J connectivity index is 1.92. The quantitative estimate of drug-likeness (QED) is 0.772. The van der Waals surface area contributed by atoms with Gasteiger partial charge in [-0.15, -0.1) is 0 Å². The third-order valence-electron chi connectivity index (χ3n) is 4.09. The zero-order valence-corrected chi connectivity index (χ0v) is 13.4. The highest BCUT2D eigenvalue weighted by Crippen LogP contribution is 2.33. The maximum atomic E-state index is 4.74. The second-order valence-corrected chi connectivity index (χ2v) is 6.40. The van der Waals surface area contributed by atoms with E-state index in [1.165, 1.54) is 36.9 Å². The molecule has 1 saturated carbocycles. The summed E-state index contributed by atoms with van der Waals surface area (Å²) in [6.07, 6.45) is 7.52. The minimum atomic E-state index is 0.758. The van der Waals surface area contributed by atoms with Gasteiger partial charge in [0.2, 0.25) is 0 Å². The first-order valence-electron chi connectivity index (χ1n) is 7.35. The molecule has 105 valence electrons. The number of hydrogen-bond acceptors (Lipinski definition) is 1. The highest BCUT2D eigenvalue weighted by molar-refractivity contribution is 9.10. The van der Waals surface area contributed by atoms with Crippen molar-refractivity contribution in [3.05, 3.63) is 46.9 Å². The number of halogens is 1. The van der Waals surface area contributed by atoms with E-state index in [2.05, 4.69) is 64.3 Å². The molecular weight excluding hydrogens is 312 g/mol. The summed E-state index contributed by atoms with van der Waals surface area (Å²) >= 11 is 3.71. The number of rotatable bonds is 3. The first-order valence-corrected chi connectivity index (χ1v) is 8.15. The van der Waals surface area contributed by atoms with Gasteiger partial charge in [-0.3, -0.25) is 4.68 Å². The van der Waals surface area contributed by atoms with Crippen LogP contribution in [0.4, 0.5) is 0 Å². The van der Waals surface area contributed by atoms with E-state index in [0.29, 0.717) is 0 Å². The monoisotopic (exact) mass is 331 g/mol. The van der Waals surface area contributed by atoms with Gasteiger partial charge >= 0.3 is 0 Å². The Morgan fingerprint density at radius 3 is 2.60 bits per heavy atom. The van der Waals surface area contributed by atoms with Gasteiger partial charge in [0.05, 0.1) is 15.9 Å². The van der Waals surface area contributed by atoms with Crippen LogP contribution in [0.2, 0.25) is 0 Å². The predicted molar refractivity (Wildman–Crippen MR) is 86.4 cm³/mol. The van der Waals surface area contributed by atoms with Crippen LogP contribution in [0, 0.1) is 19.3 Å². The zero-order valence-electron chi connectivity index (χ0n) is 11.8. The van der Waals surface area contributed by atoms with Crippen molar-refractivity contribution in [2.24, 2.45) is 5.92 Å². The SMILES string of the molecule is Cc1nn(CC2CC[CH]CC2)c(-c2ccccc2)c1Br. The molecule has 3 heteroatoms. The van der Waals surface area contributed by atoms with Gasteiger partial charge in [-0.25, -0.2) is 0 Å². The van der Waals surface area contributed by atoms with Gasteiger partial charge < -0.3 is 0 Å². The molecule has 0 bridgehead atoms. The molecule has 3 rings (SSSR count). The lowest BCUT2D eigenvalue weighted by Crippen LogP contribution is -2.16. The lowest BCUT2D eigenvalue weighted by Gasteiger charge is -2.22. The van der Waals surface area contributed by atoms with Crippen molar-refractivity contribution in [1.82, 2.24) is 9.78 Å². The van der Waals surface area contributed by atoms with Crippen molar-refractivity contribution in [1.29, 1.82) is 0 Å². The number of benzene rings is 1. The van der Waals surface area contributed by atoms with Crippen LogP contribution < -0.4 is 0 Å². The molecule has 1 radical (unpaired) electrons. The van der Waals surface area contributed by atoms with Gasteiger partial charge in [0.15, 0.2) is 0 Å². The van der Waals surface area contributed by atoms with Gasteiger partial charge in [-0.2, -0.15) is 5.10 Å². The van der Waals surface area contributed by atoms with E-state index < -0.39 is 0 Å².